The summed E-state index contributed by atoms with van der Waals surface area (Å²) in [6, 6.07) is 9.19. The normalized spacial score (nSPS) is 26.8. The number of ether oxygens (including phenoxy) is 1. The fourth-order valence-corrected chi connectivity index (χ4v) is 3.98. The molecule has 2 heterocycles. The highest BCUT2D eigenvalue weighted by Crippen LogP contribution is 2.36. The Morgan fingerprint density at radius 2 is 1.74 bits per heavy atom. The van der Waals surface area contributed by atoms with Gasteiger partial charge in [0.2, 0.25) is 5.91 Å². The Bertz CT molecular complexity index is 570. The molecule has 0 aliphatic carbocycles. The van der Waals surface area contributed by atoms with E-state index in [1.165, 1.54) is 25.3 Å². The van der Waals surface area contributed by atoms with Gasteiger partial charge < -0.3 is 10.1 Å². The SMILES string of the molecule is CC(=O)N[C@H]1C[C@H]2CC[C@@H](C1)N2Cc1ccc(OC(C)=O)cc1. The summed E-state index contributed by atoms with van der Waals surface area (Å²) in [5.41, 5.74) is 1.23. The number of esters is 1. The first-order valence-electron chi connectivity index (χ1n) is 8.31. The van der Waals surface area contributed by atoms with Gasteiger partial charge in [0.25, 0.3) is 0 Å². The van der Waals surface area contributed by atoms with Crippen LogP contribution in [0.25, 0.3) is 0 Å². The molecule has 1 amide bonds. The minimum Gasteiger partial charge on any atom is -0.427 e. The Labute approximate surface area is 137 Å². The van der Waals surface area contributed by atoms with Crippen LogP contribution in [0, 0.1) is 0 Å². The molecule has 5 nitrogen and oxygen atoms in total. The highest BCUT2D eigenvalue weighted by molar-refractivity contribution is 5.73. The van der Waals surface area contributed by atoms with E-state index in [1.807, 2.05) is 24.3 Å². The van der Waals surface area contributed by atoms with Crippen LogP contribution >= 0.6 is 0 Å². The number of fused-ring (bicyclic) bond motifs is 2. The van der Waals surface area contributed by atoms with Gasteiger partial charge >= 0.3 is 5.97 Å². The molecule has 1 aromatic carbocycles. The van der Waals surface area contributed by atoms with Gasteiger partial charge in [-0.1, -0.05) is 12.1 Å². The summed E-state index contributed by atoms with van der Waals surface area (Å²) in [7, 11) is 0. The number of hydrogen-bond acceptors (Lipinski definition) is 4. The van der Waals surface area contributed by atoms with Crippen molar-refractivity contribution in [3.05, 3.63) is 29.8 Å². The van der Waals surface area contributed by atoms with Crippen LogP contribution in [0.15, 0.2) is 24.3 Å². The Morgan fingerprint density at radius 3 is 2.26 bits per heavy atom. The van der Waals surface area contributed by atoms with Crippen molar-refractivity contribution in [3.8, 4) is 5.75 Å². The molecule has 23 heavy (non-hydrogen) atoms. The number of carbonyl (C=O) groups is 2. The predicted molar refractivity (Wildman–Crippen MR) is 86.9 cm³/mol. The average Bonchev–Trinajstić information content (AvgIpc) is 2.70. The van der Waals surface area contributed by atoms with Crippen molar-refractivity contribution in [3.63, 3.8) is 0 Å². The van der Waals surface area contributed by atoms with Gasteiger partial charge in [0.05, 0.1) is 0 Å². The number of rotatable bonds is 4. The zero-order chi connectivity index (χ0) is 16.4. The van der Waals surface area contributed by atoms with E-state index < -0.39 is 0 Å². The van der Waals surface area contributed by atoms with Crippen molar-refractivity contribution >= 4 is 11.9 Å². The first kappa shape index (κ1) is 16.0. The van der Waals surface area contributed by atoms with Gasteiger partial charge in [0.15, 0.2) is 0 Å². The summed E-state index contributed by atoms with van der Waals surface area (Å²) < 4.78 is 5.07. The zero-order valence-electron chi connectivity index (χ0n) is 13.7. The Balaban J connectivity index is 1.61. The molecule has 0 unspecified atom stereocenters. The summed E-state index contributed by atoms with van der Waals surface area (Å²) in [6.07, 6.45) is 4.52. The second-order valence-corrected chi connectivity index (χ2v) is 6.66. The lowest BCUT2D eigenvalue weighted by molar-refractivity contribution is -0.131. The van der Waals surface area contributed by atoms with E-state index in [0.717, 1.165) is 19.4 Å². The second kappa shape index (κ2) is 6.71. The van der Waals surface area contributed by atoms with E-state index in [9.17, 15) is 9.59 Å². The predicted octanol–water partition coefficient (Wildman–Crippen LogP) is 2.24. The summed E-state index contributed by atoms with van der Waals surface area (Å²) in [4.78, 5) is 24.8. The van der Waals surface area contributed by atoms with Crippen LogP contribution < -0.4 is 10.1 Å². The van der Waals surface area contributed by atoms with Crippen molar-refractivity contribution < 1.29 is 14.3 Å². The largest absolute Gasteiger partial charge is 0.427 e. The third kappa shape index (κ3) is 3.91. The number of benzene rings is 1. The van der Waals surface area contributed by atoms with Crippen molar-refractivity contribution in [1.29, 1.82) is 0 Å². The lowest BCUT2D eigenvalue weighted by Gasteiger charge is -2.39. The smallest absolute Gasteiger partial charge is 0.308 e. The maximum atomic E-state index is 11.3. The quantitative estimate of drug-likeness (QED) is 0.684. The standard InChI is InChI=1S/C18H24N2O3/c1-12(21)19-15-9-16-5-6-17(10-15)20(16)11-14-3-7-18(8-4-14)23-13(2)22/h3-4,7-8,15-17H,5-6,9-11H2,1-2H3,(H,19,21)/t15-,16+,17-. The molecule has 5 heteroatoms. The summed E-state index contributed by atoms with van der Waals surface area (Å²) in [5, 5.41) is 3.08. The van der Waals surface area contributed by atoms with Gasteiger partial charge in [-0.2, -0.15) is 0 Å². The fraction of sp³-hybridized carbons (Fsp3) is 0.556. The maximum absolute atomic E-state index is 11.3. The van der Waals surface area contributed by atoms with Crippen LogP contribution in [-0.4, -0.2) is 34.9 Å². The molecule has 0 aromatic heterocycles. The average molecular weight is 316 g/mol. The van der Waals surface area contributed by atoms with Crippen LogP contribution in [0.1, 0.15) is 45.1 Å². The van der Waals surface area contributed by atoms with Gasteiger partial charge in [-0.25, -0.2) is 0 Å². The highest BCUT2D eigenvalue weighted by Gasteiger charge is 2.40. The van der Waals surface area contributed by atoms with E-state index in [-0.39, 0.29) is 11.9 Å². The van der Waals surface area contributed by atoms with Gasteiger partial charge in [0, 0.05) is 38.5 Å². The molecule has 124 valence electrons. The second-order valence-electron chi connectivity index (χ2n) is 6.66. The Kier molecular flexibility index (Phi) is 4.66. The lowest BCUT2D eigenvalue weighted by Crippen LogP contribution is -2.49. The maximum Gasteiger partial charge on any atom is 0.308 e. The van der Waals surface area contributed by atoms with E-state index in [2.05, 4.69) is 10.2 Å². The number of carbonyl (C=O) groups excluding carboxylic acids is 2. The summed E-state index contributed by atoms with van der Waals surface area (Å²) in [5.74, 6) is 0.369. The third-order valence-corrected chi connectivity index (χ3v) is 4.84. The van der Waals surface area contributed by atoms with Crippen LogP contribution in [0.4, 0.5) is 0 Å². The number of nitrogens with zero attached hydrogens (tertiary/aromatic N) is 1. The molecular formula is C18H24N2O3. The minimum absolute atomic E-state index is 0.0731. The van der Waals surface area contributed by atoms with E-state index in [4.69, 9.17) is 4.74 Å². The molecule has 3 atom stereocenters. The van der Waals surface area contributed by atoms with E-state index in [0.29, 0.717) is 23.9 Å². The Hall–Kier alpha value is -1.88. The molecule has 0 radical (unpaired) electrons. The monoisotopic (exact) mass is 316 g/mol. The molecule has 2 bridgehead atoms. The van der Waals surface area contributed by atoms with Crippen LogP contribution in [0.2, 0.25) is 0 Å². The van der Waals surface area contributed by atoms with Gasteiger partial charge in [-0.3, -0.25) is 14.5 Å². The van der Waals surface area contributed by atoms with Gasteiger partial charge in [-0.05, 0) is 43.4 Å². The first-order valence-corrected chi connectivity index (χ1v) is 8.31. The van der Waals surface area contributed by atoms with Crippen LogP contribution in [0.3, 0.4) is 0 Å². The first-order chi connectivity index (χ1) is 11.0. The van der Waals surface area contributed by atoms with Crippen LogP contribution in [0.5, 0.6) is 5.75 Å². The Morgan fingerprint density at radius 1 is 1.13 bits per heavy atom. The molecule has 2 aliphatic heterocycles. The van der Waals surface area contributed by atoms with Crippen molar-refractivity contribution in [2.24, 2.45) is 0 Å². The molecule has 3 rings (SSSR count). The van der Waals surface area contributed by atoms with E-state index in [1.54, 1.807) is 6.92 Å². The van der Waals surface area contributed by atoms with Crippen molar-refractivity contribution in [1.82, 2.24) is 10.2 Å². The number of amides is 1. The van der Waals surface area contributed by atoms with Crippen molar-refractivity contribution in [2.75, 3.05) is 0 Å². The van der Waals surface area contributed by atoms with Gasteiger partial charge in [-0.15, -0.1) is 0 Å². The lowest BCUT2D eigenvalue weighted by atomic mass is 9.96. The zero-order valence-corrected chi connectivity index (χ0v) is 13.7. The van der Waals surface area contributed by atoms with Gasteiger partial charge in [0.1, 0.15) is 5.75 Å². The summed E-state index contributed by atoms with van der Waals surface area (Å²) in [6.45, 7) is 3.92. The number of nitrogens with one attached hydrogen (secondary N) is 1. The molecule has 1 aromatic rings. The molecule has 1 N–H and O–H groups in total. The minimum atomic E-state index is -0.296. The third-order valence-electron chi connectivity index (χ3n) is 4.84. The van der Waals surface area contributed by atoms with Crippen molar-refractivity contribution in [2.45, 2.75) is 64.2 Å². The number of piperidine rings is 1. The molecular weight excluding hydrogens is 292 g/mol. The summed E-state index contributed by atoms with van der Waals surface area (Å²) >= 11 is 0. The van der Waals surface area contributed by atoms with E-state index >= 15 is 0 Å². The molecule has 2 fully saturated rings. The molecule has 0 saturated carbocycles. The molecule has 2 saturated heterocycles. The van der Waals surface area contributed by atoms with Crippen LogP contribution in [-0.2, 0) is 16.1 Å². The number of hydrogen-bond donors (Lipinski definition) is 1. The topological polar surface area (TPSA) is 58.6 Å². The fourth-order valence-electron chi connectivity index (χ4n) is 3.98. The highest BCUT2D eigenvalue weighted by atomic mass is 16.5. The molecule has 0 spiro atoms. The molecule has 2 aliphatic rings.